The SMILES string of the molecule is CC#CCCNS(=O)(=O)c1ccnn1C. The fourth-order valence-electron chi connectivity index (χ4n) is 1.07. The van der Waals surface area contributed by atoms with Gasteiger partial charge in [-0.3, -0.25) is 4.68 Å². The average molecular weight is 227 g/mol. The van der Waals surface area contributed by atoms with Crippen LogP contribution in [0.3, 0.4) is 0 Å². The van der Waals surface area contributed by atoms with Gasteiger partial charge in [-0.2, -0.15) is 5.10 Å². The third-order valence-electron chi connectivity index (χ3n) is 1.77. The van der Waals surface area contributed by atoms with Crippen LogP contribution >= 0.6 is 0 Å². The highest BCUT2D eigenvalue weighted by Gasteiger charge is 2.16. The third-order valence-corrected chi connectivity index (χ3v) is 3.31. The Hall–Kier alpha value is -1.32. The largest absolute Gasteiger partial charge is 0.257 e. The number of hydrogen-bond acceptors (Lipinski definition) is 3. The normalized spacial score (nSPS) is 10.8. The van der Waals surface area contributed by atoms with Crippen LogP contribution in [0.5, 0.6) is 0 Å². The van der Waals surface area contributed by atoms with E-state index in [9.17, 15) is 8.42 Å². The van der Waals surface area contributed by atoms with E-state index >= 15 is 0 Å². The monoisotopic (exact) mass is 227 g/mol. The zero-order valence-electron chi connectivity index (χ0n) is 8.69. The molecule has 0 atom stereocenters. The van der Waals surface area contributed by atoms with Crippen molar-refractivity contribution < 1.29 is 8.42 Å². The maximum absolute atomic E-state index is 11.7. The van der Waals surface area contributed by atoms with Gasteiger partial charge in [-0.05, 0) is 13.0 Å². The molecule has 0 aromatic carbocycles. The van der Waals surface area contributed by atoms with Crippen molar-refractivity contribution >= 4 is 10.0 Å². The van der Waals surface area contributed by atoms with Crippen LogP contribution in [-0.4, -0.2) is 24.7 Å². The fourth-order valence-corrected chi connectivity index (χ4v) is 2.23. The van der Waals surface area contributed by atoms with E-state index in [1.807, 2.05) is 0 Å². The molecule has 0 saturated carbocycles. The minimum Gasteiger partial charge on any atom is -0.256 e. The van der Waals surface area contributed by atoms with E-state index in [0.29, 0.717) is 13.0 Å². The van der Waals surface area contributed by atoms with E-state index in [1.54, 1.807) is 14.0 Å². The van der Waals surface area contributed by atoms with Gasteiger partial charge in [0.1, 0.15) is 0 Å². The quantitative estimate of drug-likeness (QED) is 0.586. The number of sulfonamides is 1. The second-order valence-electron chi connectivity index (χ2n) is 2.87. The predicted molar refractivity (Wildman–Crippen MR) is 56.5 cm³/mol. The Morgan fingerprint density at radius 3 is 2.87 bits per heavy atom. The van der Waals surface area contributed by atoms with Gasteiger partial charge in [0, 0.05) is 20.0 Å². The molecule has 0 amide bonds. The van der Waals surface area contributed by atoms with Crippen molar-refractivity contribution in [3.63, 3.8) is 0 Å². The van der Waals surface area contributed by atoms with Crippen molar-refractivity contribution in [1.29, 1.82) is 0 Å². The molecule has 0 saturated heterocycles. The summed E-state index contributed by atoms with van der Waals surface area (Å²) < 4.78 is 27.1. The van der Waals surface area contributed by atoms with Gasteiger partial charge >= 0.3 is 0 Å². The predicted octanol–water partition coefficient (Wildman–Crippen LogP) is 0.112. The van der Waals surface area contributed by atoms with Crippen LogP contribution in [0, 0.1) is 11.8 Å². The van der Waals surface area contributed by atoms with Crippen molar-refractivity contribution in [3.05, 3.63) is 12.3 Å². The van der Waals surface area contributed by atoms with Gasteiger partial charge in [0.2, 0.25) is 0 Å². The van der Waals surface area contributed by atoms with Gasteiger partial charge in [0.05, 0.1) is 6.20 Å². The lowest BCUT2D eigenvalue weighted by Crippen LogP contribution is -2.26. The van der Waals surface area contributed by atoms with Crippen LogP contribution in [0.15, 0.2) is 17.3 Å². The number of hydrogen-bond donors (Lipinski definition) is 1. The minimum absolute atomic E-state index is 0.159. The molecule has 15 heavy (non-hydrogen) atoms. The number of nitrogens with zero attached hydrogens (tertiary/aromatic N) is 2. The summed E-state index contributed by atoms with van der Waals surface area (Å²) in [7, 11) is -1.86. The molecule has 0 fully saturated rings. The average Bonchev–Trinajstić information content (AvgIpc) is 2.60. The molecule has 6 heteroatoms. The topological polar surface area (TPSA) is 64.0 Å². The van der Waals surface area contributed by atoms with Crippen LogP contribution in [0.4, 0.5) is 0 Å². The molecule has 1 aromatic heterocycles. The molecule has 0 aliphatic rings. The molecule has 5 nitrogen and oxygen atoms in total. The molecular weight excluding hydrogens is 214 g/mol. The molecule has 0 radical (unpaired) electrons. The van der Waals surface area contributed by atoms with Crippen LogP contribution in [0.2, 0.25) is 0 Å². The fraction of sp³-hybridized carbons (Fsp3) is 0.444. The highest BCUT2D eigenvalue weighted by atomic mass is 32.2. The Kier molecular flexibility index (Phi) is 3.88. The smallest absolute Gasteiger partial charge is 0.256 e. The molecule has 0 aliphatic carbocycles. The molecule has 0 bridgehead atoms. The lowest BCUT2D eigenvalue weighted by molar-refractivity contribution is 0.564. The standard InChI is InChI=1S/C9H13N3O2S/c1-3-4-5-7-11-15(13,14)9-6-8-10-12(9)2/h6,8,11H,5,7H2,1-2H3. The van der Waals surface area contributed by atoms with Gasteiger partial charge in [-0.1, -0.05) is 0 Å². The first-order valence-electron chi connectivity index (χ1n) is 4.45. The molecule has 1 heterocycles. The summed E-state index contributed by atoms with van der Waals surface area (Å²) in [4.78, 5) is 0. The van der Waals surface area contributed by atoms with Gasteiger partial charge in [0.15, 0.2) is 5.03 Å². The summed E-state index contributed by atoms with van der Waals surface area (Å²) in [5, 5.41) is 3.96. The number of aryl methyl sites for hydroxylation is 1. The Labute approximate surface area is 89.5 Å². The van der Waals surface area contributed by atoms with Crippen molar-refractivity contribution in [2.75, 3.05) is 6.54 Å². The highest BCUT2D eigenvalue weighted by Crippen LogP contribution is 2.05. The molecule has 1 N–H and O–H groups in total. The first kappa shape index (κ1) is 11.8. The van der Waals surface area contributed by atoms with E-state index in [-0.39, 0.29) is 5.03 Å². The number of nitrogens with one attached hydrogen (secondary N) is 1. The van der Waals surface area contributed by atoms with Gasteiger partial charge in [-0.25, -0.2) is 13.1 Å². The lowest BCUT2D eigenvalue weighted by atomic mass is 10.4. The second-order valence-corrected chi connectivity index (χ2v) is 4.58. The molecule has 0 aliphatic heterocycles. The second kappa shape index (κ2) is 4.96. The summed E-state index contributed by atoms with van der Waals surface area (Å²) in [5.74, 6) is 5.48. The Balaban J connectivity index is 2.67. The molecule has 0 spiro atoms. The summed E-state index contributed by atoms with van der Waals surface area (Å²) in [6.07, 6.45) is 1.95. The first-order chi connectivity index (χ1) is 7.08. The first-order valence-corrected chi connectivity index (χ1v) is 5.93. The number of aromatic nitrogens is 2. The lowest BCUT2D eigenvalue weighted by Gasteiger charge is -2.04. The minimum atomic E-state index is -3.45. The zero-order valence-corrected chi connectivity index (χ0v) is 9.50. The third kappa shape index (κ3) is 3.08. The summed E-state index contributed by atoms with van der Waals surface area (Å²) in [6, 6.07) is 1.45. The van der Waals surface area contributed by atoms with E-state index in [4.69, 9.17) is 0 Å². The molecule has 1 aromatic rings. The molecule has 82 valence electrons. The van der Waals surface area contributed by atoms with E-state index in [2.05, 4.69) is 21.7 Å². The van der Waals surface area contributed by atoms with Crippen molar-refractivity contribution in [1.82, 2.24) is 14.5 Å². The Bertz CT molecular complexity index is 479. The van der Waals surface area contributed by atoms with Crippen LogP contribution in [-0.2, 0) is 17.1 Å². The van der Waals surface area contributed by atoms with Gasteiger partial charge < -0.3 is 0 Å². The zero-order chi connectivity index (χ0) is 11.3. The van der Waals surface area contributed by atoms with Crippen LogP contribution in [0.1, 0.15) is 13.3 Å². The molecule has 1 rings (SSSR count). The van der Waals surface area contributed by atoms with Crippen molar-refractivity contribution in [2.24, 2.45) is 7.05 Å². The van der Waals surface area contributed by atoms with Crippen molar-refractivity contribution in [2.45, 2.75) is 18.4 Å². The Morgan fingerprint density at radius 2 is 2.33 bits per heavy atom. The summed E-state index contributed by atoms with van der Waals surface area (Å²) in [5.41, 5.74) is 0. The maximum Gasteiger partial charge on any atom is 0.257 e. The Morgan fingerprint density at radius 1 is 1.60 bits per heavy atom. The molecule has 0 unspecified atom stereocenters. The maximum atomic E-state index is 11.7. The molecular formula is C9H13N3O2S. The van der Waals surface area contributed by atoms with Crippen LogP contribution < -0.4 is 4.72 Å². The summed E-state index contributed by atoms with van der Waals surface area (Å²) >= 11 is 0. The van der Waals surface area contributed by atoms with E-state index in [1.165, 1.54) is 16.9 Å². The van der Waals surface area contributed by atoms with E-state index in [0.717, 1.165) is 0 Å². The number of rotatable bonds is 4. The van der Waals surface area contributed by atoms with Gasteiger partial charge in [0.25, 0.3) is 10.0 Å². The summed E-state index contributed by atoms with van der Waals surface area (Å²) in [6.45, 7) is 2.03. The van der Waals surface area contributed by atoms with Gasteiger partial charge in [-0.15, -0.1) is 11.8 Å². The van der Waals surface area contributed by atoms with Crippen LogP contribution in [0.25, 0.3) is 0 Å². The highest BCUT2D eigenvalue weighted by molar-refractivity contribution is 7.89. The van der Waals surface area contributed by atoms with Crippen molar-refractivity contribution in [3.8, 4) is 11.8 Å². The van der Waals surface area contributed by atoms with E-state index < -0.39 is 10.0 Å².